The molecule has 0 saturated carbocycles. The molecule has 0 radical (unpaired) electrons. The molecule has 5 heteroatoms. The molecule has 0 saturated heterocycles. The Kier molecular flexibility index (Phi) is 2.65. The van der Waals surface area contributed by atoms with Crippen molar-refractivity contribution in [3.8, 4) is 17.3 Å². The van der Waals surface area contributed by atoms with Crippen molar-refractivity contribution in [1.29, 1.82) is 5.26 Å². The predicted molar refractivity (Wildman–Crippen MR) is 68.1 cm³/mol. The van der Waals surface area contributed by atoms with Gasteiger partial charge < -0.3 is 0 Å². The molecule has 1 aliphatic rings. The average Bonchev–Trinajstić information content (AvgIpc) is 2.83. The smallest absolute Gasteiger partial charge is 0.261 e. The van der Waals surface area contributed by atoms with Gasteiger partial charge in [-0.3, -0.25) is 4.79 Å². The summed E-state index contributed by atoms with van der Waals surface area (Å²) in [7, 11) is 0. The van der Waals surface area contributed by atoms with Crippen LogP contribution in [0.3, 0.4) is 0 Å². The van der Waals surface area contributed by atoms with Gasteiger partial charge in [0.15, 0.2) is 0 Å². The molecule has 1 aliphatic heterocycles. The SMILES string of the molecule is N#CCC(=O)n1cc2c(n1)-c1ccccc1SC2. The van der Waals surface area contributed by atoms with Crippen LogP contribution in [-0.4, -0.2) is 15.7 Å². The van der Waals surface area contributed by atoms with Gasteiger partial charge in [-0.05, 0) is 6.07 Å². The van der Waals surface area contributed by atoms with Gasteiger partial charge in [0, 0.05) is 28.0 Å². The second kappa shape index (κ2) is 4.31. The van der Waals surface area contributed by atoms with E-state index < -0.39 is 0 Å². The lowest BCUT2D eigenvalue weighted by Crippen LogP contribution is -2.09. The van der Waals surface area contributed by atoms with Gasteiger partial charge in [-0.15, -0.1) is 11.8 Å². The van der Waals surface area contributed by atoms with E-state index in [1.807, 2.05) is 24.3 Å². The highest BCUT2D eigenvalue weighted by atomic mass is 32.2. The summed E-state index contributed by atoms with van der Waals surface area (Å²) < 4.78 is 1.29. The van der Waals surface area contributed by atoms with Crippen LogP contribution in [0, 0.1) is 11.3 Å². The van der Waals surface area contributed by atoms with Crippen LogP contribution in [0.5, 0.6) is 0 Å². The molecule has 0 bridgehead atoms. The number of carbonyl (C=O) groups is 1. The molecule has 3 rings (SSSR count). The summed E-state index contributed by atoms with van der Waals surface area (Å²) in [6.45, 7) is 0. The second-order valence-corrected chi connectivity index (χ2v) is 4.98. The number of nitrogens with zero attached hydrogens (tertiary/aromatic N) is 3. The quantitative estimate of drug-likeness (QED) is 0.786. The summed E-state index contributed by atoms with van der Waals surface area (Å²) in [5.41, 5.74) is 2.97. The standard InChI is InChI=1S/C13H9N3OS/c14-6-5-12(17)16-7-9-8-18-11-4-2-1-3-10(11)13(9)15-16/h1-4,7H,5,8H2. The first-order chi connectivity index (χ1) is 8.79. The van der Waals surface area contributed by atoms with Crippen LogP contribution >= 0.6 is 11.8 Å². The fraction of sp³-hybridized carbons (Fsp3) is 0.154. The van der Waals surface area contributed by atoms with Crippen LogP contribution < -0.4 is 0 Å². The van der Waals surface area contributed by atoms with E-state index in [4.69, 9.17) is 5.26 Å². The molecule has 0 N–H and O–H groups in total. The molecule has 0 atom stereocenters. The molecule has 0 spiro atoms. The fourth-order valence-corrected chi connectivity index (χ4v) is 2.98. The summed E-state index contributed by atoms with van der Waals surface area (Å²) >= 11 is 1.74. The van der Waals surface area contributed by atoms with E-state index in [0.29, 0.717) is 0 Å². The molecule has 0 unspecified atom stereocenters. The zero-order chi connectivity index (χ0) is 12.5. The van der Waals surface area contributed by atoms with Crippen molar-refractivity contribution in [1.82, 2.24) is 9.78 Å². The minimum Gasteiger partial charge on any atom is -0.271 e. The number of hydrogen-bond donors (Lipinski definition) is 0. The molecule has 0 amide bonds. The Morgan fingerprint density at radius 1 is 1.50 bits per heavy atom. The van der Waals surface area contributed by atoms with Gasteiger partial charge in [0.1, 0.15) is 6.42 Å². The topological polar surface area (TPSA) is 58.7 Å². The van der Waals surface area contributed by atoms with Crippen molar-refractivity contribution in [2.45, 2.75) is 17.1 Å². The van der Waals surface area contributed by atoms with Crippen LogP contribution in [-0.2, 0) is 5.75 Å². The number of nitriles is 1. The first-order valence-electron chi connectivity index (χ1n) is 5.50. The lowest BCUT2D eigenvalue weighted by Gasteiger charge is -2.13. The van der Waals surface area contributed by atoms with Crippen molar-refractivity contribution >= 4 is 17.7 Å². The maximum atomic E-state index is 11.6. The molecule has 0 fully saturated rings. The summed E-state index contributed by atoms with van der Waals surface area (Å²) in [5, 5.41) is 12.9. The van der Waals surface area contributed by atoms with Gasteiger partial charge in [0.2, 0.25) is 0 Å². The third kappa shape index (κ3) is 1.71. The fourth-order valence-electron chi connectivity index (χ4n) is 1.96. The van der Waals surface area contributed by atoms with E-state index in [1.165, 1.54) is 9.58 Å². The third-order valence-corrected chi connectivity index (χ3v) is 3.92. The normalized spacial score (nSPS) is 12.4. The zero-order valence-electron chi connectivity index (χ0n) is 9.46. The van der Waals surface area contributed by atoms with Crippen molar-refractivity contribution in [3.05, 3.63) is 36.0 Å². The Bertz CT molecular complexity index is 669. The van der Waals surface area contributed by atoms with E-state index >= 15 is 0 Å². The first-order valence-corrected chi connectivity index (χ1v) is 6.49. The molecule has 88 valence electrons. The Hall–Kier alpha value is -2.06. The highest BCUT2D eigenvalue weighted by molar-refractivity contribution is 7.98. The number of fused-ring (bicyclic) bond motifs is 3. The molecule has 2 heterocycles. The molecule has 1 aromatic heterocycles. The van der Waals surface area contributed by atoms with Gasteiger partial charge in [0.25, 0.3) is 5.91 Å². The van der Waals surface area contributed by atoms with Gasteiger partial charge >= 0.3 is 0 Å². The van der Waals surface area contributed by atoms with Crippen LogP contribution in [0.4, 0.5) is 0 Å². The molecule has 4 nitrogen and oxygen atoms in total. The predicted octanol–water partition coefficient (Wildman–Crippen LogP) is 2.71. The van der Waals surface area contributed by atoms with Crippen LogP contribution in [0.15, 0.2) is 35.4 Å². The minimum atomic E-state index is -0.283. The lowest BCUT2D eigenvalue weighted by atomic mass is 10.1. The van der Waals surface area contributed by atoms with Gasteiger partial charge in [-0.1, -0.05) is 18.2 Å². The van der Waals surface area contributed by atoms with Crippen molar-refractivity contribution in [2.75, 3.05) is 0 Å². The van der Waals surface area contributed by atoms with Gasteiger partial charge in [-0.25, -0.2) is 4.68 Å². The molecule has 2 aromatic rings. The highest BCUT2D eigenvalue weighted by Crippen LogP contribution is 2.40. The number of benzene rings is 1. The molecule has 0 aliphatic carbocycles. The van der Waals surface area contributed by atoms with Crippen molar-refractivity contribution in [3.63, 3.8) is 0 Å². The summed E-state index contributed by atoms with van der Waals surface area (Å²) in [4.78, 5) is 12.8. The van der Waals surface area contributed by atoms with Crippen molar-refractivity contribution in [2.24, 2.45) is 0 Å². The Morgan fingerprint density at radius 3 is 3.17 bits per heavy atom. The number of aromatic nitrogens is 2. The molecular weight excluding hydrogens is 246 g/mol. The largest absolute Gasteiger partial charge is 0.271 e. The number of rotatable bonds is 1. The van der Waals surface area contributed by atoms with Crippen LogP contribution in [0.2, 0.25) is 0 Å². The number of carbonyl (C=O) groups excluding carboxylic acids is 1. The van der Waals surface area contributed by atoms with E-state index in [1.54, 1.807) is 18.0 Å². The maximum Gasteiger partial charge on any atom is 0.261 e. The molecule has 1 aromatic carbocycles. The van der Waals surface area contributed by atoms with Gasteiger partial charge in [0.05, 0.1) is 11.8 Å². The zero-order valence-corrected chi connectivity index (χ0v) is 10.3. The van der Waals surface area contributed by atoms with E-state index in [9.17, 15) is 4.79 Å². The molecule has 18 heavy (non-hydrogen) atoms. The van der Waals surface area contributed by atoms with Crippen molar-refractivity contribution < 1.29 is 4.79 Å². The Morgan fingerprint density at radius 2 is 2.33 bits per heavy atom. The molecular formula is C13H9N3OS. The van der Waals surface area contributed by atoms with Crippen LogP contribution in [0.1, 0.15) is 16.8 Å². The first kappa shape index (κ1) is 11.1. The number of thioether (sulfide) groups is 1. The van der Waals surface area contributed by atoms with E-state index in [2.05, 4.69) is 11.2 Å². The summed E-state index contributed by atoms with van der Waals surface area (Å²) in [5.74, 6) is 0.529. The third-order valence-electron chi connectivity index (χ3n) is 2.80. The van der Waals surface area contributed by atoms with Crippen LogP contribution in [0.25, 0.3) is 11.3 Å². The lowest BCUT2D eigenvalue weighted by molar-refractivity contribution is 0.0904. The maximum absolute atomic E-state index is 11.6. The monoisotopic (exact) mass is 255 g/mol. The second-order valence-electron chi connectivity index (χ2n) is 3.96. The highest BCUT2D eigenvalue weighted by Gasteiger charge is 2.21. The Labute approximate surface area is 108 Å². The van der Waals surface area contributed by atoms with E-state index in [0.717, 1.165) is 22.6 Å². The van der Waals surface area contributed by atoms with E-state index in [-0.39, 0.29) is 12.3 Å². The summed E-state index contributed by atoms with van der Waals surface area (Å²) in [6, 6.07) is 9.87. The summed E-state index contributed by atoms with van der Waals surface area (Å²) in [6.07, 6.45) is 1.59. The number of hydrogen-bond acceptors (Lipinski definition) is 4. The Balaban J connectivity index is 2.07. The van der Waals surface area contributed by atoms with Gasteiger partial charge in [-0.2, -0.15) is 10.4 Å². The average molecular weight is 255 g/mol. The minimum absolute atomic E-state index is 0.144.